The first-order valence-electron chi connectivity index (χ1n) is 9.32. The van der Waals surface area contributed by atoms with Gasteiger partial charge in [0.05, 0.1) is 5.01 Å². The highest BCUT2D eigenvalue weighted by Gasteiger charge is 2.19. The first kappa shape index (κ1) is 22.6. The minimum atomic E-state index is 0. The zero-order valence-electron chi connectivity index (χ0n) is 15.9. The van der Waals surface area contributed by atoms with Crippen molar-refractivity contribution in [2.75, 3.05) is 33.2 Å². The van der Waals surface area contributed by atoms with Crippen LogP contribution < -0.4 is 10.6 Å². The van der Waals surface area contributed by atoms with E-state index in [0.717, 1.165) is 50.2 Å². The second kappa shape index (κ2) is 12.9. The van der Waals surface area contributed by atoms with Crippen LogP contribution in [0.1, 0.15) is 49.7 Å². The smallest absolute Gasteiger partial charge is 0.191 e. The van der Waals surface area contributed by atoms with Gasteiger partial charge in [0.1, 0.15) is 0 Å². The number of piperidine rings is 1. The topological polar surface area (TPSA) is 52.5 Å². The molecule has 2 heterocycles. The normalized spacial score (nSPS) is 18.7. The quantitative estimate of drug-likeness (QED) is 0.260. The van der Waals surface area contributed by atoms with Gasteiger partial charge >= 0.3 is 0 Å². The number of hydrogen-bond donors (Lipinski definition) is 2. The molecule has 25 heavy (non-hydrogen) atoms. The van der Waals surface area contributed by atoms with Crippen LogP contribution in [0.4, 0.5) is 0 Å². The zero-order chi connectivity index (χ0) is 17.2. The molecule has 0 spiro atoms. The van der Waals surface area contributed by atoms with Crippen LogP contribution in [0.2, 0.25) is 0 Å². The number of guanidine groups is 1. The van der Waals surface area contributed by atoms with Crippen molar-refractivity contribution in [3.05, 3.63) is 16.1 Å². The lowest BCUT2D eigenvalue weighted by atomic mass is 10.0. The lowest BCUT2D eigenvalue weighted by molar-refractivity contribution is 0.147. The van der Waals surface area contributed by atoms with Gasteiger partial charge < -0.3 is 10.6 Å². The SMILES string of the molecule is CCC1CCCCN1CCNC(=NC)NCCCc1nc(C)cs1.I. The minimum Gasteiger partial charge on any atom is -0.356 e. The van der Waals surface area contributed by atoms with Gasteiger partial charge in [-0.1, -0.05) is 13.3 Å². The van der Waals surface area contributed by atoms with Crippen LogP contribution in [-0.4, -0.2) is 55.1 Å². The second-order valence-corrected chi connectivity index (χ2v) is 7.45. The first-order valence-corrected chi connectivity index (χ1v) is 10.2. The molecule has 1 fully saturated rings. The summed E-state index contributed by atoms with van der Waals surface area (Å²) in [7, 11) is 1.84. The van der Waals surface area contributed by atoms with E-state index in [9.17, 15) is 0 Å². The van der Waals surface area contributed by atoms with Crippen LogP contribution in [0.15, 0.2) is 10.4 Å². The van der Waals surface area contributed by atoms with E-state index in [1.165, 1.54) is 37.2 Å². The fourth-order valence-corrected chi connectivity index (χ4v) is 4.14. The molecule has 0 saturated carbocycles. The molecule has 1 atom stereocenters. The van der Waals surface area contributed by atoms with Crippen LogP contribution in [-0.2, 0) is 6.42 Å². The van der Waals surface area contributed by atoms with Gasteiger partial charge in [-0.05, 0) is 39.2 Å². The molecule has 1 aliphatic rings. The number of aryl methyl sites for hydroxylation is 2. The van der Waals surface area contributed by atoms with Crippen molar-refractivity contribution >= 4 is 41.3 Å². The molecule has 0 bridgehead atoms. The van der Waals surface area contributed by atoms with Crippen molar-refractivity contribution in [1.82, 2.24) is 20.5 Å². The highest BCUT2D eigenvalue weighted by molar-refractivity contribution is 14.0. The van der Waals surface area contributed by atoms with Crippen LogP contribution >= 0.6 is 35.3 Å². The van der Waals surface area contributed by atoms with E-state index in [1.807, 2.05) is 7.05 Å². The molecule has 0 amide bonds. The Labute approximate surface area is 174 Å². The number of aliphatic imine (C=N–C) groups is 1. The predicted octanol–water partition coefficient (Wildman–Crippen LogP) is 3.43. The van der Waals surface area contributed by atoms with Crippen LogP contribution in [0, 0.1) is 6.92 Å². The monoisotopic (exact) mass is 479 g/mol. The number of nitrogens with one attached hydrogen (secondary N) is 2. The molecular weight excluding hydrogens is 445 g/mol. The third-order valence-corrected chi connectivity index (χ3v) is 5.69. The molecule has 7 heteroatoms. The highest BCUT2D eigenvalue weighted by atomic mass is 127. The maximum absolute atomic E-state index is 4.50. The van der Waals surface area contributed by atoms with E-state index in [2.05, 4.69) is 44.7 Å². The standard InChI is InChI=1S/C18H33N5S.HI/c1-4-16-8-5-6-12-23(16)13-11-21-18(19-3)20-10-7-9-17-22-15(2)14-24-17;/h14,16H,4-13H2,1-3H3,(H2,19,20,21);1H. The molecule has 0 aliphatic carbocycles. The molecule has 1 aromatic rings. The molecule has 0 aromatic carbocycles. The van der Waals surface area contributed by atoms with Gasteiger partial charge in [-0.15, -0.1) is 35.3 Å². The average Bonchev–Trinajstić information content (AvgIpc) is 3.02. The molecule has 2 rings (SSSR count). The summed E-state index contributed by atoms with van der Waals surface area (Å²) in [6, 6.07) is 0.775. The van der Waals surface area contributed by atoms with Gasteiger partial charge in [-0.2, -0.15) is 0 Å². The Morgan fingerprint density at radius 1 is 1.36 bits per heavy atom. The second-order valence-electron chi connectivity index (χ2n) is 6.51. The number of hydrogen-bond acceptors (Lipinski definition) is 4. The number of likely N-dealkylation sites (tertiary alicyclic amines) is 1. The van der Waals surface area contributed by atoms with Crippen LogP contribution in [0.25, 0.3) is 0 Å². The third-order valence-electron chi connectivity index (χ3n) is 4.66. The molecule has 1 aliphatic heterocycles. The Hall–Kier alpha value is -0.410. The van der Waals surface area contributed by atoms with E-state index in [0.29, 0.717) is 0 Å². The number of aromatic nitrogens is 1. The van der Waals surface area contributed by atoms with E-state index in [-0.39, 0.29) is 24.0 Å². The first-order chi connectivity index (χ1) is 11.7. The fraction of sp³-hybridized carbons (Fsp3) is 0.778. The summed E-state index contributed by atoms with van der Waals surface area (Å²) in [5.41, 5.74) is 1.13. The van der Waals surface area contributed by atoms with Crippen molar-refractivity contribution in [2.24, 2.45) is 4.99 Å². The lowest BCUT2D eigenvalue weighted by Gasteiger charge is -2.35. The summed E-state index contributed by atoms with van der Waals surface area (Å²) in [4.78, 5) is 11.5. The highest BCUT2D eigenvalue weighted by Crippen LogP contribution is 2.18. The number of halogens is 1. The number of rotatable bonds is 8. The zero-order valence-corrected chi connectivity index (χ0v) is 19.0. The maximum atomic E-state index is 4.50. The molecule has 1 unspecified atom stereocenters. The van der Waals surface area contributed by atoms with Gasteiger partial charge in [-0.3, -0.25) is 9.89 Å². The van der Waals surface area contributed by atoms with Gasteiger partial charge in [0, 0.05) is 50.2 Å². The minimum absolute atomic E-state index is 0. The van der Waals surface area contributed by atoms with Crippen LogP contribution in [0.5, 0.6) is 0 Å². The Morgan fingerprint density at radius 3 is 2.84 bits per heavy atom. The summed E-state index contributed by atoms with van der Waals surface area (Å²) >= 11 is 1.76. The summed E-state index contributed by atoms with van der Waals surface area (Å²) in [6.07, 6.45) is 7.49. The third kappa shape index (κ3) is 8.21. The molecule has 1 saturated heterocycles. The van der Waals surface area contributed by atoms with Gasteiger partial charge in [0.2, 0.25) is 0 Å². The Balaban J connectivity index is 0.00000312. The summed E-state index contributed by atoms with van der Waals surface area (Å²) in [5.74, 6) is 0.912. The van der Waals surface area contributed by atoms with Gasteiger partial charge in [0.25, 0.3) is 0 Å². The van der Waals surface area contributed by atoms with Crippen molar-refractivity contribution in [1.29, 1.82) is 0 Å². The molecule has 2 N–H and O–H groups in total. The van der Waals surface area contributed by atoms with Crippen molar-refractivity contribution in [2.45, 2.75) is 58.4 Å². The summed E-state index contributed by atoms with van der Waals surface area (Å²) in [6.45, 7) is 8.61. The van der Waals surface area contributed by atoms with Gasteiger partial charge in [-0.25, -0.2) is 4.98 Å². The fourth-order valence-electron chi connectivity index (χ4n) is 3.32. The van der Waals surface area contributed by atoms with Gasteiger partial charge in [0.15, 0.2) is 5.96 Å². The molecular formula is C18H34IN5S. The lowest BCUT2D eigenvalue weighted by Crippen LogP contribution is -2.46. The number of nitrogens with zero attached hydrogens (tertiary/aromatic N) is 3. The Kier molecular flexibility index (Phi) is 11.6. The van der Waals surface area contributed by atoms with E-state index in [1.54, 1.807) is 11.3 Å². The summed E-state index contributed by atoms with van der Waals surface area (Å²) < 4.78 is 0. The molecule has 144 valence electrons. The summed E-state index contributed by atoms with van der Waals surface area (Å²) in [5, 5.41) is 10.2. The van der Waals surface area contributed by atoms with E-state index < -0.39 is 0 Å². The van der Waals surface area contributed by atoms with E-state index in [4.69, 9.17) is 0 Å². The molecule has 5 nitrogen and oxygen atoms in total. The molecule has 1 aromatic heterocycles. The Bertz CT molecular complexity index is 505. The largest absolute Gasteiger partial charge is 0.356 e. The molecule has 0 radical (unpaired) electrons. The van der Waals surface area contributed by atoms with Crippen molar-refractivity contribution in [3.8, 4) is 0 Å². The Morgan fingerprint density at radius 2 is 2.16 bits per heavy atom. The van der Waals surface area contributed by atoms with Crippen molar-refractivity contribution < 1.29 is 0 Å². The van der Waals surface area contributed by atoms with E-state index >= 15 is 0 Å². The van der Waals surface area contributed by atoms with Crippen LogP contribution in [0.3, 0.4) is 0 Å². The van der Waals surface area contributed by atoms with Crippen molar-refractivity contribution in [3.63, 3.8) is 0 Å². The number of thiazole rings is 1. The average molecular weight is 479 g/mol. The predicted molar refractivity (Wildman–Crippen MR) is 119 cm³/mol. The maximum Gasteiger partial charge on any atom is 0.191 e.